The molecule has 0 radical (unpaired) electrons. The van der Waals surface area contributed by atoms with Crippen molar-refractivity contribution in [2.75, 3.05) is 0 Å². The quantitative estimate of drug-likeness (QED) is 0.536. The van der Waals surface area contributed by atoms with Gasteiger partial charge in [-0.1, -0.05) is 26.0 Å². The summed E-state index contributed by atoms with van der Waals surface area (Å²) in [6, 6.07) is 7.00. The highest BCUT2D eigenvalue weighted by Gasteiger charge is 2.40. The van der Waals surface area contributed by atoms with E-state index in [9.17, 15) is 9.59 Å². The fourth-order valence-electron chi connectivity index (χ4n) is 3.31. The zero-order chi connectivity index (χ0) is 16.2. The van der Waals surface area contributed by atoms with E-state index in [1.807, 2.05) is 13.8 Å². The van der Waals surface area contributed by atoms with E-state index < -0.39 is 16.9 Å². The molecule has 0 atom stereocenters. The van der Waals surface area contributed by atoms with Crippen LogP contribution in [0.4, 0.5) is 0 Å². The molecule has 5 nitrogen and oxygen atoms in total. The largest absolute Gasteiger partial charge is 0.485 e. The summed E-state index contributed by atoms with van der Waals surface area (Å²) in [7, 11) is 0. The fourth-order valence-corrected chi connectivity index (χ4v) is 3.31. The van der Waals surface area contributed by atoms with Crippen LogP contribution in [-0.4, -0.2) is 5.60 Å². The van der Waals surface area contributed by atoms with Gasteiger partial charge in [-0.2, -0.15) is 0 Å². The van der Waals surface area contributed by atoms with Crippen molar-refractivity contribution >= 4 is 21.9 Å². The smallest absolute Gasteiger partial charge is 0.351 e. The molecule has 0 amide bonds. The van der Waals surface area contributed by atoms with Gasteiger partial charge in [-0.15, -0.1) is 0 Å². The molecule has 0 saturated carbocycles. The van der Waals surface area contributed by atoms with Crippen LogP contribution in [0, 0.1) is 0 Å². The summed E-state index contributed by atoms with van der Waals surface area (Å²) in [6.45, 7) is 4.02. The first kappa shape index (κ1) is 14.1. The van der Waals surface area contributed by atoms with E-state index in [1.54, 1.807) is 24.3 Å². The lowest BCUT2D eigenvalue weighted by molar-refractivity contribution is 0.0870. The van der Waals surface area contributed by atoms with Crippen molar-refractivity contribution < 1.29 is 13.6 Å². The molecule has 3 aromatic rings. The number of benzene rings is 1. The highest BCUT2D eigenvalue weighted by atomic mass is 16.5. The maximum absolute atomic E-state index is 12.4. The van der Waals surface area contributed by atoms with E-state index in [0.29, 0.717) is 28.7 Å². The predicted molar refractivity (Wildman–Crippen MR) is 86.2 cm³/mol. The van der Waals surface area contributed by atoms with Crippen molar-refractivity contribution in [2.45, 2.75) is 38.7 Å². The number of hydrogen-bond acceptors (Lipinski definition) is 5. The third-order valence-electron chi connectivity index (χ3n) is 4.81. The minimum absolute atomic E-state index is 0.224. The van der Waals surface area contributed by atoms with E-state index in [2.05, 4.69) is 0 Å². The van der Waals surface area contributed by atoms with Gasteiger partial charge in [-0.25, -0.2) is 9.59 Å². The number of rotatable bonds is 2. The van der Waals surface area contributed by atoms with E-state index in [1.165, 1.54) is 0 Å². The third kappa shape index (κ3) is 1.86. The molecule has 0 spiro atoms. The predicted octanol–water partition coefficient (Wildman–Crippen LogP) is 3.39. The number of para-hydroxylation sites is 1. The molecule has 0 bridgehead atoms. The Bertz CT molecular complexity index is 1040. The van der Waals surface area contributed by atoms with Gasteiger partial charge in [-0.05, 0) is 25.0 Å². The Labute approximate surface area is 131 Å². The van der Waals surface area contributed by atoms with Crippen LogP contribution in [0.15, 0.2) is 42.7 Å². The van der Waals surface area contributed by atoms with Gasteiger partial charge in [0.15, 0.2) is 5.58 Å². The molecule has 1 aliphatic heterocycles. The second kappa shape index (κ2) is 4.72. The summed E-state index contributed by atoms with van der Waals surface area (Å²) in [4.78, 5) is 24.9. The van der Waals surface area contributed by atoms with Crippen molar-refractivity contribution in [1.82, 2.24) is 0 Å². The van der Waals surface area contributed by atoms with Crippen LogP contribution < -0.4 is 16.0 Å². The van der Waals surface area contributed by atoms with Gasteiger partial charge in [0.25, 0.3) is 0 Å². The van der Waals surface area contributed by atoms with Crippen LogP contribution in [0.3, 0.4) is 0 Å². The van der Waals surface area contributed by atoms with Crippen LogP contribution in [-0.2, 0) is 6.42 Å². The van der Waals surface area contributed by atoms with Gasteiger partial charge in [-0.3, -0.25) is 0 Å². The van der Waals surface area contributed by atoms with Crippen molar-refractivity contribution in [3.05, 3.63) is 50.7 Å². The summed E-state index contributed by atoms with van der Waals surface area (Å²) in [5.41, 5.74) is -0.368. The van der Waals surface area contributed by atoms with Crippen LogP contribution in [0.1, 0.15) is 32.3 Å². The van der Waals surface area contributed by atoms with Gasteiger partial charge < -0.3 is 13.6 Å². The molecule has 4 rings (SSSR count). The van der Waals surface area contributed by atoms with Crippen LogP contribution in [0.25, 0.3) is 21.9 Å². The Morgan fingerprint density at radius 1 is 1.04 bits per heavy atom. The molecule has 0 fully saturated rings. The second-order valence-electron chi connectivity index (χ2n) is 5.96. The molecule has 1 aromatic carbocycles. The summed E-state index contributed by atoms with van der Waals surface area (Å²) in [5, 5.41) is 0.818. The van der Waals surface area contributed by atoms with E-state index >= 15 is 0 Å². The molecule has 5 heteroatoms. The Balaban J connectivity index is 2.15. The number of fused-ring (bicyclic) bond motifs is 5. The van der Waals surface area contributed by atoms with Crippen molar-refractivity contribution in [3.63, 3.8) is 0 Å². The molecule has 0 unspecified atom stereocenters. The Kier molecular flexibility index (Phi) is 2.88. The van der Waals surface area contributed by atoms with E-state index in [0.717, 1.165) is 12.8 Å². The lowest BCUT2D eigenvalue weighted by Gasteiger charge is -2.25. The third-order valence-corrected chi connectivity index (χ3v) is 4.81. The molecular weight excluding hydrogens is 296 g/mol. The molecule has 0 saturated heterocycles. The van der Waals surface area contributed by atoms with Gasteiger partial charge >= 0.3 is 11.3 Å². The number of ether oxygens (including phenoxy) is 1. The van der Waals surface area contributed by atoms with Crippen molar-refractivity contribution in [2.24, 2.45) is 0 Å². The molecule has 3 heterocycles. The van der Waals surface area contributed by atoms with Crippen LogP contribution in [0.2, 0.25) is 0 Å². The molecular formula is C18H16O5. The number of hydrogen-bond donors (Lipinski definition) is 0. The second-order valence-corrected chi connectivity index (χ2v) is 5.96. The summed E-state index contributed by atoms with van der Waals surface area (Å²) in [5.74, 6) is 0.333. The highest BCUT2D eigenvalue weighted by Crippen LogP contribution is 2.41. The first-order chi connectivity index (χ1) is 11.1. The normalized spacial score (nSPS) is 15.7. The molecule has 2 aromatic heterocycles. The first-order valence-corrected chi connectivity index (χ1v) is 7.79. The van der Waals surface area contributed by atoms with E-state index in [4.69, 9.17) is 13.6 Å². The van der Waals surface area contributed by atoms with Gasteiger partial charge in [0.2, 0.25) is 0 Å². The maximum Gasteiger partial charge on any atom is 0.351 e. The maximum atomic E-state index is 12.4. The molecule has 118 valence electrons. The van der Waals surface area contributed by atoms with Gasteiger partial charge in [0.05, 0.1) is 10.9 Å². The lowest BCUT2D eigenvalue weighted by Crippen LogP contribution is -2.32. The zero-order valence-electron chi connectivity index (χ0n) is 13.0. The van der Waals surface area contributed by atoms with Crippen molar-refractivity contribution in [1.29, 1.82) is 0 Å². The van der Waals surface area contributed by atoms with Gasteiger partial charge in [0.1, 0.15) is 22.3 Å². The lowest BCUT2D eigenvalue weighted by atomic mass is 9.92. The minimum atomic E-state index is -0.540. The first-order valence-electron chi connectivity index (χ1n) is 7.79. The van der Waals surface area contributed by atoms with Crippen molar-refractivity contribution in [3.8, 4) is 5.75 Å². The zero-order valence-corrected chi connectivity index (χ0v) is 13.0. The summed E-state index contributed by atoms with van der Waals surface area (Å²) < 4.78 is 17.0. The summed E-state index contributed by atoms with van der Waals surface area (Å²) >= 11 is 0. The average Bonchev–Trinajstić information content (AvgIpc) is 2.96. The SMILES string of the molecule is CCC1(CC)Cc2c(c3c(=O)oc4ccccc4c3oc2=O)O1. The average molecular weight is 312 g/mol. The molecule has 0 aliphatic carbocycles. The van der Waals surface area contributed by atoms with Crippen LogP contribution in [0.5, 0.6) is 5.75 Å². The highest BCUT2D eigenvalue weighted by molar-refractivity contribution is 6.02. The summed E-state index contributed by atoms with van der Waals surface area (Å²) in [6.07, 6.45) is 1.95. The fraction of sp³-hybridized carbons (Fsp3) is 0.333. The minimum Gasteiger partial charge on any atom is -0.485 e. The Morgan fingerprint density at radius 3 is 2.52 bits per heavy atom. The van der Waals surface area contributed by atoms with E-state index in [-0.39, 0.29) is 11.0 Å². The Hall–Kier alpha value is -2.56. The topological polar surface area (TPSA) is 69.7 Å². The Morgan fingerprint density at radius 2 is 1.78 bits per heavy atom. The standard InChI is InChI=1S/C18H16O5/c1-3-18(4-2)9-11-15(23-18)13-14(22-16(11)19)10-7-5-6-8-12(10)21-17(13)20/h5-8H,3-4,9H2,1-2H3. The van der Waals surface area contributed by atoms with Crippen LogP contribution >= 0.6 is 0 Å². The van der Waals surface area contributed by atoms with Gasteiger partial charge in [0, 0.05) is 6.42 Å². The molecule has 1 aliphatic rings. The molecule has 23 heavy (non-hydrogen) atoms. The molecule has 0 N–H and O–H groups in total. The monoisotopic (exact) mass is 312 g/mol.